The largest absolute Gasteiger partial charge is 0.354 e. The molecule has 1 fully saturated rings. The van der Waals surface area contributed by atoms with Gasteiger partial charge in [-0.25, -0.2) is 0 Å². The van der Waals surface area contributed by atoms with Gasteiger partial charge in [0.2, 0.25) is 0 Å². The van der Waals surface area contributed by atoms with E-state index in [2.05, 4.69) is 20.7 Å². The molecule has 21 heavy (non-hydrogen) atoms. The summed E-state index contributed by atoms with van der Waals surface area (Å²) in [6.07, 6.45) is 3.28. The minimum Gasteiger partial charge on any atom is -0.354 e. The van der Waals surface area contributed by atoms with Gasteiger partial charge in [0.05, 0.1) is 17.1 Å². The highest BCUT2D eigenvalue weighted by Gasteiger charge is 2.32. The van der Waals surface area contributed by atoms with E-state index in [4.69, 9.17) is 0 Å². The molecule has 2 amide bonds. The summed E-state index contributed by atoms with van der Waals surface area (Å²) in [4.78, 5) is 27.6. The number of thiophene rings is 1. The minimum atomic E-state index is -0.124. The van der Waals surface area contributed by atoms with Crippen LogP contribution in [0.25, 0.3) is 0 Å². The summed E-state index contributed by atoms with van der Waals surface area (Å²) >= 11 is 1.43. The molecule has 1 aliphatic heterocycles. The Balaban J connectivity index is 1.82. The fraction of sp³-hybridized carbons (Fsp3) is 0.385. The summed E-state index contributed by atoms with van der Waals surface area (Å²) in [5.74, 6) is -0.222. The highest BCUT2D eigenvalue weighted by Crippen LogP contribution is 2.36. The van der Waals surface area contributed by atoms with E-state index in [1.165, 1.54) is 17.5 Å². The molecule has 0 aliphatic carbocycles. The lowest BCUT2D eigenvalue weighted by molar-refractivity contribution is 0.0731. The third kappa shape index (κ3) is 2.54. The van der Waals surface area contributed by atoms with E-state index in [1.807, 2.05) is 6.07 Å². The van der Waals surface area contributed by atoms with Crippen molar-refractivity contribution in [1.82, 2.24) is 25.6 Å². The van der Waals surface area contributed by atoms with Gasteiger partial charge in [0.1, 0.15) is 0 Å². The van der Waals surface area contributed by atoms with Crippen LogP contribution >= 0.6 is 11.3 Å². The number of nitrogens with zero attached hydrogens (tertiary/aromatic N) is 3. The van der Waals surface area contributed by atoms with Crippen LogP contribution in [0.3, 0.4) is 0 Å². The summed E-state index contributed by atoms with van der Waals surface area (Å²) in [7, 11) is 1.61. The first-order valence-electron chi connectivity index (χ1n) is 6.69. The fourth-order valence-electron chi connectivity index (χ4n) is 2.53. The number of carbonyl (C=O) groups is 2. The number of hydrogen-bond donors (Lipinski definition) is 2. The maximum Gasteiger partial charge on any atom is 0.276 e. The van der Waals surface area contributed by atoms with E-state index < -0.39 is 0 Å². The van der Waals surface area contributed by atoms with Crippen molar-refractivity contribution >= 4 is 23.2 Å². The third-order valence-corrected chi connectivity index (χ3v) is 4.74. The lowest BCUT2D eigenvalue weighted by atomic mass is 10.2. The van der Waals surface area contributed by atoms with Crippen LogP contribution in [0.2, 0.25) is 0 Å². The molecule has 3 heterocycles. The number of H-pyrrole nitrogens is 1. The summed E-state index contributed by atoms with van der Waals surface area (Å²) < 4.78 is 0. The second-order valence-corrected chi connectivity index (χ2v) is 5.91. The molecular formula is C13H15N5O2S. The number of hydrogen-bond acceptors (Lipinski definition) is 5. The Hall–Kier alpha value is -2.22. The molecule has 1 atom stereocenters. The minimum absolute atomic E-state index is 0.0117. The number of amides is 2. The fourth-order valence-corrected chi connectivity index (χ4v) is 3.64. The first-order valence-corrected chi connectivity index (χ1v) is 7.51. The zero-order valence-electron chi connectivity index (χ0n) is 11.5. The van der Waals surface area contributed by atoms with Gasteiger partial charge < -0.3 is 10.2 Å². The number of carbonyl (C=O) groups excluding carboxylic acids is 2. The van der Waals surface area contributed by atoms with Crippen LogP contribution in [0.15, 0.2) is 18.3 Å². The summed E-state index contributed by atoms with van der Waals surface area (Å²) in [6.45, 7) is 0.698. The van der Waals surface area contributed by atoms with Gasteiger partial charge in [-0.2, -0.15) is 15.4 Å². The second-order valence-electron chi connectivity index (χ2n) is 4.79. The number of rotatable bonds is 3. The van der Waals surface area contributed by atoms with Gasteiger partial charge in [-0.1, -0.05) is 0 Å². The van der Waals surface area contributed by atoms with Gasteiger partial charge >= 0.3 is 0 Å². The molecule has 3 rings (SSSR count). The molecular weight excluding hydrogens is 290 g/mol. The zero-order valence-corrected chi connectivity index (χ0v) is 12.3. The molecule has 110 valence electrons. The van der Waals surface area contributed by atoms with Crippen molar-refractivity contribution in [3.63, 3.8) is 0 Å². The molecule has 0 aromatic carbocycles. The predicted molar refractivity (Wildman–Crippen MR) is 77.1 cm³/mol. The molecule has 0 saturated carbocycles. The predicted octanol–water partition coefficient (Wildman–Crippen LogP) is 1.20. The molecule has 1 saturated heterocycles. The summed E-state index contributed by atoms with van der Waals surface area (Å²) in [6, 6.07) is 3.74. The molecule has 7 nitrogen and oxygen atoms in total. The van der Waals surface area contributed by atoms with Crippen molar-refractivity contribution in [2.75, 3.05) is 13.6 Å². The number of nitrogens with one attached hydrogen (secondary N) is 2. The van der Waals surface area contributed by atoms with Crippen molar-refractivity contribution in [3.05, 3.63) is 33.8 Å². The van der Waals surface area contributed by atoms with E-state index in [-0.39, 0.29) is 17.9 Å². The smallest absolute Gasteiger partial charge is 0.276 e. The summed E-state index contributed by atoms with van der Waals surface area (Å²) in [5.41, 5.74) is 0.324. The number of aromatic amines is 1. The standard InChI is InChI=1S/C13H15N5O2S/c1-14-12(19)11-5-4-10(21-11)9-3-2-6-18(9)13(20)8-7-15-17-16-8/h4-5,7,9H,2-3,6H2,1H3,(H,14,19)(H,15,16,17)/t9-/m1/s1. The van der Waals surface area contributed by atoms with Crippen molar-refractivity contribution < 1.29 is 9.59 Å². The molecule has 2 aromatic heterocycles. The van der Waals surface area contributed by atoms with Crippen LogP contribution in [0, 0.1) is 0 Å². The highest BCUT2D eigenvalue weighted by atomic mass is 32.1. The van der Waals surface area contributed by atoms with Crippen molar-refractivity contribution in [3.8, 4) is 0 Å². The molecule has 1 aliphatic rings. The maximum atomic E-state index is 12.4. The topological polar surface area (TPSA) is 91.0 Å². The lowest BCUT2D eigenvalue weighted by Crippen LogP contribution is -2.30. The van der Waals surface area contributed by atoms with Crippen LogP contribution in [0.1, 0.15) is 43.9 Å². The van der Waals surface area contributed by atoms with Gasteiger partial charge in [-0.15, -0.1) is 11.3 Å². The van der Waals surface area contributed by atoms with Crippen LogP contribution < -0.4 is 5.32 Å². The first kappa shape index (κ1) is 13.7. The Morgan fingerprint density at radius 1 is 1.48 bits per heavy atom. The van der Waals surface area contributed by atoms with Crippen molar-refractivity contribution in [2.24, 2.45) is 0 Å². The van der Waals surface area contributed by atoms with Gasteiger partial charge in [-0.05, 0) is 25.0 Å². The Morgan fingerprint density at radius 2 is 2.33 bits per heavy atom. The average Bonchev–Trinajstić information content (AvgIpc) is 3.25. The van der Waals surface area contributed by atoms with Crippen LogP contribution in [-0.4, -0.2) is 45.7 Å². The SMILES string of the molecule is CNC(=O)c1ccc([C@H]2CCCN2C(=O)c2cn[nH]n2)s1. The van der Waals surface area contributed by atoms with Gasteiger partial charge in [-0.3, -0.25) is 9.59 Å². The van der Waals surface area contributed by atoms with Crippen LogP contribution in [-0.2, 0) is 0 Å². The molecule has 0 radical (unpaired) electrons. The molecule has 0 unspecified atom stereocenters. The quantitative estimate of drug-likeness (QED) is 0.891. The van der Waals surface area contributed by atoms with E-state index in [9.17, 15) is 9.59 Å². The molecule has 2 aromatic rings. The Labute approximate surface area is 125 Å². The van der Waals surface area contributed by atoms with E-state index in [0.717, 1.165) is 17.7 Å². The average molecular weight is 305 g/mol. The van der Waals surface area contributed by atoms with Crippen LogP contribution in [0.4, 0.5) is 0 Å². The molecule has 0 bridgehead atoms. The Kier molecular flexibility index (Phi) is 3.70. The van der Waals surface area contributed by atoms with Gasteiger partial charge in [0.15, 0.2) is 5.69 Å². The number of likely N-dealkylation sites (tertiary alicyclic amines) is 1. The summed E-state index contributed by atoms with van der Waals surface area (Å²) in [5, 5.41) is 12.6. The Morgan fingerprint density at radius 3 is 3.05 bits per heavy atom. The first-order chi connectivity index (χ1) is 10.2. The lowest BCUT2D eigenvalue weighted by Gasteiger charge is -2.22. The van der Waals surface area contributed by atoms with E-state index in [0.29, 0.717) is 17.1 Å². The molecule has 8 heteroatoms. The Bertz CT molecular complexity index is 651. The van der Waals surface area contributed by atoms with Gasteiger partial charge in [0, 0.05) is 18.5 Å². The second kappa shape index (κ2) is 5.65. The van der Waals surface area contributed by atoms with Gasteiger partial charge in [0.25, 0.3) is 11.8 Å². The highest BCUT2D eigenvalue weighted by molar-refractivity contribution is 7.14. The van der Waals surface area contributed by atoms with Crippen molar-refractivity contribution in [2.45, 2.75) is 18.9 Å². The molecule has 0 spiro atoms. The maximum absolute atomic E-state index is 12.4. The van der Waals surface area contributed by atoms with E-state index in [1.54, 1.807) is 18.0 Å². The van der Waals surface area contributed by atoms with E-state index >= 15 is 0 Å². The monoisotopic (exact) mass is 305 g/mol. The van der Waals surface area contributed by atoms with Crippen LogP contribution in [0.5, 0.6) is 0 Å². The third-order valence-electron chi connectivity index (χ3n) is 3.55. The normalized spacial score (nSPS) is 18.0. The zero-order chi connectivity index (χ0) is 14.8. The number of aromatic nitrogens is 3. The van der Waals surface area contributed by atoms with Crippen molar-refractivity contribution in [1.29, 1.82) is 0 Å². The molecule has 2 N–H and O–H groups in total.